The molecule has 0 spiro atoms. The first kappa shape index (κ1) is 21.1. The van der Waals surface area contributed by atoms with Crippen molar-refractivity contribution in [2.24, 2.45) is 0 Å². The van der Waals surface area contributed by atoms with Crippen molar-refractivity contribution in [2.45, 2.75) is 32.1 Å². The van der Waals surface area contributed by atoms with E-state index >= 15 is 0 Å². The molecule has 0 bridgehead atoms. The van der Waals surface area contributed by atoms with Gasteiger partial charge >= 0.3 is 7.60 Å². The van der Waals surface area contributed by atoms with Crippen LogP contribution in [0.5, 0.6) is 0 Å². The Kier molecular flexibility index (Phi) is 6.04. The van der Waals surface area contributed by atoms with Gasteiger partial charge in [-0.2, -0.15) is 0 Å². The predicted octanol–water partition coefficient (Wildman–Crippen LogP) is 3.93. The number of imidazole rings is 1. The molecule has 1 aliphatic heterocycles. The number of nitrogens with zero attached hydrogens (tertiary/aromatic N) is 4. The number of nitrogen functional groups attached to an aromatic ring is 1. The number of fused-ring (bicyclic) bond motifs is 1. The topological polar surface area (TPSA) is 114 Å². The fraction of sp³-hybridized carbons (Fsp3) is 0.389. The standard InChI is InChI=1S/C18H20ClFN5O4P/c1-11(7-25-9-24-16-17(21)22-8-23-18(16)25)27-10-30(26)28-6-5-14(29-30)12-3-2-4-13(19)15(12)20/h2-4,8-9,11,14H,5-7,10H2,1H3,(H2,21,22,23)/t11-,14+,30?/m1/s1. The minimum atomic E-state index is -3.57. The number of rotatable bonds is 6. The van der Waals surface area contributed by atoms with E-state index in [1.54, 1.807) is 30.0 Å². The first-order valence-electron chi connectivity index (χ1n) is 9.25. The largest absolute Gasteiger partial charge is 0.382 e. The van der Waals surface area contributed by atoms with E-state index in [-0.39, 0.29) is 29.6 Å². The molecule has 1 aliphatic rings. The van der Waals surface area contributed by atoms with Crippen LogP contribution in [0.1, 0.15) is 25.0 Å². The third-order valence-electron chi connectivity index (χ3n) is 4.68. The summed E-state index contributed by atoms with van der Waals surface area (Å²) in [5.74, 6) is -0.291. The van der Waals surface area contributed by atoms with Gasteiger partial charge in [0.1, 0.15) is 24.0 Å². The second-order valence-electron chi connectivity index (χ2n) is 6.90. The van der Waals surface area contributed by atoms with E-state index in [4.69, 9.17) is 31.1 Å². The van der Waals surface area contributed by atoms with E-state index in [1.807, 2.05) is 0 Å². The van der Waals surface area contributed by atoms with Crippen molar-refractivity contribution in [3.63, 3.8) is 0 Å². The van der Waals surface area contributed by atoms with Crippen LogP contribution in [0.15, 0.2) is 30.9 Å². The summed E-state index contributed by atoms with van der Waals surface area (Å²) < 4.78 is 45.8. The summed E-state index contributed by atoms with van der Waals surface area (Å²) in [6.07, 6.45) is 1.95. The lowest BCUT2D eigenvalue weighted by Crippen LogP contribution is -2.21. The number of nitrogens with two attached hydrogens (primary N) is 1. The molecule has 2 aromatic heterocycles. The molecule has 1 aromatic carbocycles. The van der Waals surface area contributed by atoms with Gasteiger partial charge in [-0.25, -0.2) is 19.3 Å². The average molecular weight is 456 g/mol. The molecule has 2 N–H and O–H groups in total. The van der Waals surface area contributed by atoms with Gasteiger partial charge in [0.15, 0.2) is 11.5 Å². The molecule has 160 valence electrons. The smallest absolute Gasteiger partial charge is 0.356 e. The molecule has 3 aromatic rings. The number of anilines is 1. The van der Waals surface area contributed by atoms with Crippen LogP contribution in [-0.2, 0) is 24.9 Å². The Labute approximate surface area is 176 Å². The Morgan fingerprint density at radius 3 is 3.10 bits per heavy atom. The summed E-state index contributed by atoms with van der Waals surface area (Å²) in [4.78, 5) is 12.3. The van der Waals surface area contributed by atoms with Gasteiger partial charge in [0.2, 0.25) is 0 Å². The Morgan fingerprint density at radius 1 is 1.43 bits per heavy atom. The third-order valence-corrected chi connectivity index (χ3v) is 6.59. The molecule has 0 saturated carbocycles. The van der Waals surface area contributed by atoms with Crippen LogP contribution < -0.4 is 5.73 Å². The van der Waals surface area contributed by atoms with Gasteiger partial charge < -0.3 is 19.6 Å². The number of benzene rings is 1. The molecule has 0 amide bonds. The maximum absolute atomic E-state index is 14.3. The number of ether oxygens (including phenoxy) is 1. The van der Waals surface area contributed by atoms with E-state index < -0.39 is 19.5 Å². The lowest BCUT2D eigenvalue weighted by Gasteiger charge is -2.30. The van der Waals surface area contributed by atoms with Crippen LogP contribution in [0, 0.1) is 5.82 Å². The number of halogens is 2. The van der Waals surface area contributed by atoms with Gasteiger partial charge in [-0.15, -0.1) is 0 Å². The second-order valence-corrected chi connectivity index (χ2v) is 9.26. The first-order valence-corrected chi connectivity index (χ1v) is 11.4. The highest BCUT2D eigenvalue weighted by molar-refractivity contribution is 7.53. The molecular formula is C18H20ClFN5O4P. The minimum absolute atomic E-state index is 0.0145. The van der Waals surface area contributed by atoms with Gasteiger partial charge in [-0.05, 0) is 13.0 Å². The van der Waals surface area contributed by atoms with Crippen molar-refractivity contribution in [3.05, 3.63) is 47.3 Å². The van der Waals surface area contributed by atoms with Gasteiger partial charge in [0.05, 0.1) is 36.7 Å². The fourth-order valence-electron chi connectivity index (χ4n) is 3.21. The summed E-state index contributed by atoms with van der Waals surface area (Å²) >= 11 is 5.85. The van der Waals surface area contributed by atoms with Gasteiger partial charge in [-0.3, -0.25) is 9.09 Å². The van der Waals surface area contributed by atoms with E-state index in [0.717, 1.165) is 0 Å². The first-order chi connectivity index (χ1) is 14.4. The van der Waals surface area contributed by atoms with E-state index in [0.29, 0.717) is 29.9 Å². The van der Waals surface area contributed by atoms with Crippen molar-refractivity contribution in [3.8, 4) is 0 Å². The van der Waals surface area contributed by atoms with E-state index in [9.17, 15) is 8.96 Å². The minimum Gasteiger partial charge on any atom is -0.382 e. The van der Waals surface area contributed by atoms with Gasteiger partial charge in [0, 0.05) is 12.0 Å². The second kappa shape index (κ2) is 8.56. The molecule has 1 unspecified atom stereocenters. The highest BCUT2D eigenvalue weighted by Gasteiger charge is 2.36. The summed E-state index contributed by atoms with van der Waals surface area (Å²) in [7, 11) is -3.57. The van der Waals surface area contributed by atoms with Crippen molar-refractivity contribution in [1.82, 2.24) is 19.5 Å². The Balaban J connectivity index is 1.40. The molecule has 9 nitrogen and oxygen atoms in total. The maximum atomic E-state index is 14.3. The van der Waals surface area contributed by atoms with Crippen molar-refractivity contribution in [1.29, 1.82) is 0 Å². The molecule has 1 fully saturated rings. The van der Waals surface area contributed by atoms with Crippen LogP contribution in [0.3, 0.4) is 0 Å². The number of hydrogen-bond donors (Lipinski definition) is 1. The van der Waals surface area contributed by atoms with E-state index in [2.05, 4.69) is 15.0 Å². The van der Waals surface area contributed by atoms with Crippen LogP contribution in [0.25, 0.3) is 11.2 Å². The molecule has 1 saturated heterocycles. The number of hydrogen-bond acceptors (Lipinski definition) is 8. The maximum Gasteiger partial charge on any atom is 0.356 e. The summed E-state index contributed by atoms with van der Waals surface area (Å²) in [5.41, 5.74) is 7.12. The molecule has 4 rings (SSSR count). The Morgan fingerprint density at radius 2 is 2.27 bits per heavy atom. The van der Waals surface area contributed by atoms with Crippen LogP contribution in [0.4, 0.5) is 10.2 Å². The highest BCUT2D eigenvalue weighted by atomic mass is 35.5. The van der Waals surface area contributed by atoms with Crippen molar-refractivity contribution >= 4 is 36.2 Å². The number of aromatic nitrogens is 4. The third kappa shape index (κ3) is 4.33. The normalized spacial score (nSPS) is 23.0. The molecule has 3 heterocycles. The molecular weight excluding hydrogens is 436 g/mol. The SMILES string of the molecule is C[C@H](Cn1cnc2c(N)ncnc21)OCP1(=O)OCC[C@@H](c2cccc(Cl)c2F)O1. The van der Waals surface area contributed by atoms with Crippen molar-refractivity contribution < 1.29 is 22.7 Å². The fourth-order valence-corrected chi connectivity index (χ4v) is 5.01. The quantitative estimate of drug-likeness (QED) is 0.556. The van der Waals surface area contributed by atoms with Crippen LogP contribution >= 0.6 is 19.2 Å². The predicted molar refractivity (Wildman–Crippen MR) is 109 cm³/mol. The molecule has 0 radical (unpaired) electrons. The lowest BCUT2D eigenvalue weighted by atomic mass is 10.1. The van der Waals surface area contributed by atoms with Gasteiger partial charge in [-0.1, -0.05) is 23.7 Å². The zero-order chi connectivity index (χ0) is 21.3. The highest BCUT2D eigenvalue weighted by Crippen LogP contribution is 2.56. The molecule has 12 heteroatoms. The Bertz CT molecular complexity index is 1110. The van der Waals surface area contributed by atoms with Gasteiger partial charge in [0.25, 0.3) is 0 Å². The van der Waals surface area contributed by atoms with E-state index in [1.165, 1.54) is 12.4 Å². The molecule has 0 aliphatic carbocycles. The molecule has 3 atom stereocenters. The Hall–Kier alpha value is -2.10. The average Bonchev–Trinajstić information content (AvgIpc) is 3.13. The molecule has 30 heavy (non-hydrogen) atoms. The van der Waals surface area contributed by atoms with Crippen LogP contribution in [0.2, 0.25) is 5.02 Å². The summed E-state index contributed by atoms with van der Waals surface area (Å²) in [6.45, 7) is 2.36. The monoisotopic (exact) mass is 455 g/mol. The summed E-state index contributed by atoms with van der Waals surface area (Å²) in [6, 6.07) is 4.62. The zero-order valence-electron chi connectivity index (χ0n) is 16.1. The van der Waals surface area contributed by atoms with Crippen LogP contribution in [-0.4, -0.2) is 38.6 Å². The zero-order valence-corrected chi connectivity index (χ0v) is 17.7. The van der Waals surface area contributed by atoms with Crippen molar-refractivity contribution in [2.75, 3.05) is 18.7 Å². The summed E-state index contributed by atoms with van der Waals surface area (Å²) in [5, 5.41) is -0.0145. The lowest BCUT2D eigenvalue weighted by molar-refractivity contribution is 0.0331.